The van der Waals surface area contributed by atoms with E-state index in [1.54, 1.807) is 0 Å². The summed E-state index contributed by atoms with van der Waals surface area (Å²) in [4.78, 5) is 5.20. The van der Waals surface area contributed by atoms with Gasteiger partial charge in [-0.3, -0.25) is 0 Å². The van der Waals surface area contributed by atoms with Crippen molar-refractivity contribution in [1.82, 2.24) is 5.48 Å². The number of rotatable bonds is 2. The van der Waals surface area contributed by atoms with Crippen LogP contribution in [0.5, 0.6) is 0 Å². The molecule has 0 radical (unpaired) electrons. The molecule has 2 aromatic carbocycles. The summed E-state index contributed by atoms with van der Waals surface area (Å²) in [6, 6.07) is 18.5. The Morgan fingerprint density at radius 3 is 2.63 bits per heavy atom. The molecule has 0 unspecified atom stereocenters. The molecule has 1 aliphatic rings. The van der Waals surface area contributed by atoms with E-state index in [1.165, 1.54) is 5.56 Å². The van der Waals surface area contributed by atoms with E-state index < -0.39 is 0 Å². The van der Waals surface area contributed by atoms with Crippen LogP contribution in [0.3, 0.4) is 0 Å². The first-order chi connectivity index (χ1) is 9.36. The number of hydrogen-bond acceptors (Lipinski definition) is 3. The van der Waals surface area contributed by atoms with Crippen molar-refractivity contribution in [2.75, 3.05) is 6.61 Å². The maximum absolute atomic E-state index is 8.81. The second-order valence-electron chi connectivity index (χ2n) is 4.62. The SMILES string of the molecule is N#Cc1ccc(-c2cccc([C@H]3CCON3)c2)cc1. The molecule has 2 aromatic rings. The van der Waals surface area contributed by atoms with E-state index in [2.05, 4.69) is 35.8 Å². The Morgan fingerprint density at radius 2 is 1.95 bits per heavy atom. The van der Waals surface area contributed by atoms with Gasteiger partial charge in [0.1, 0.15) is 0 Å². The van der Waals surface area contributed by atoms with Crippen molar-refractivity contribution in [1.29, 1.82) is 5.26 Å². The lowest BCUT2D eigenvalue weighted by molar-refractivity contribution is 0.0883. The molecule has 1 fully saturated rings. The van der Waals surface area contributed by atoms with Crippen LogP contribution in [0.4, 0.5) is 0 Å². The Balaban J connectivity index is 1.91. The van der Waals surface area contributed by atoms with Crippen LogP contribution in [0.1, 0.15) is 23.6 Å². The first-order valence-electron chi connectivity index (χ1n) is 6.34. The third kappa shape index (κ3) is 2.50. The highest BCUT2D eigenvalue weighted by molar-refractivity contribution is 5.65. The second kappa shape index (κ2) is 5.23. The molecule has 0 bridgehead atoms. The van der Waals surface area contributed by atoms with Gasteiger partial charge in [0.15, 0.2) is 0 Å². The lowest BCUT2D eigenvalue weighted by Gasteiger charge is -2.10. The third-order valence-electron chi connectivity index (χ3n) is 3.37. The Kier molecular flexibility index (Phi) is 3.28. The maximum Gasteiger partial charge on any atom is 0.0991 e. The van der Waals surface area contributed by atoms with Crippen molar-refractivity contribution in [3.05, 3.63) is 59.7 Å². The fourth-order valence-electron chi connectivity index (χ4n) is 2.30. The van der Waals surface area contributed by atoms with Crippen molar-refractivity contribution in [3.63, 3.8) is 0 Å². The Bertz CT molecular complexity index is 607. The first kappa shape index (κ1) is 11.9. The molecule has 1 saturated heterocycles. The fourth-order valence-corrected chi connectivity index (χ4v) is 2.30. The number of nitrogens with one attached hydrogen (secondary N) is 1. The molecular weight excluding hydrogens is 236 g/mol. The van der Waals surface area contributed by atoms with E-state index in [1.807, 2.05) is 24.3 Å². The highest BCUT2D eigenvalue weighted by Gasteiger charge is 2.17. The van der Waals surface area contributed by atoms with Crippen molar-refractivity contribution in [2.45, 2.75) is 12.5 Å². The summed E-state index contributed by atoms with van der Waals surface area (Å²) >= 11 is 0. The van der Waals surface area contributed by atoms with Crippen LogP contribution in [0.15, 0.2) is 48.5 Å². The summed E-state index contributed by atoms with van der Waals surface area (Å²) in [7, 11) is 0. The summed E-state index contributed by atoms with van der Waals surface area (Å²) in [6.07, 6.45) is 0.997. The van der Waals surface area contributed by atoms with Gasteiger partial charge in [0.05, 0.1) is 24.3 Å². The van der Waals surface area contributed by atoms with Crippen LogP contribution in [0, 0.1) is 11.3 Å². The molecule has 1 atom stereocenters. The number of nitrogens with zero attached hydrogens (tertiary/aromatic N) is 1. The Hall–Kier alpha value is -2.15. The van der Waals surface area contributed by atoms with E-state index in [4.69, 9.17) is 10.1 Å². The van der Waals surface area contributed by atoms with E-state index >= 15 is 0 Å². The smallest absolute Gasteiger partial charge is 0.0991 e. The van der Waals surface area contributed by atoms with Gasteiger partial charge in [-0.1, -0.05) is 30.3 Å². The van der Waals surface area contributed by atoms with Crippen molar-refractivity contribution < 1.29 is 4.84 Å². The monoisotopic (exact) mass is 250 g/mol. The van der Waals surface area contributed by atoms with Crippen LogP contribution in [-0.4, -0.2) is 6.61 Å². The van der Waals surface area contributed by atoms with Crippen LogP contribution in [0.25, 0.3) is 11.1 Å². The molecule has 0 aliphatic carbocycles. The standard InChI is InChI=1S/C16H14N2O/c17-11-12-4-6-13(7-5-12)14-2-1-3-15(10-14)16-8-9-19-18-16/h1-7,10,16,18H,8-9H2/t16-/m1/s1. The van der Waals surface area contributed by atoms with Gasteiger partial charge < -0.3 is 4.84 Å². The van der Waals surface area contributed by atoms with E-state index in [0.717, 1.165) is 24.2 Å². The molecule has 19 heavy (non-hydrogen) atoms. The normalized spacial score (nSPS) is 18.2. The predicted molar refractivity (Wildman–Crippen MR) is 73.0 cm³/mol. The molecule has 3 heteroatoms. The minimum Gasteiger partial charge on any atom is -0.301 e. The molecule has 1 N–H and O–H groups in total. The average Bonchev–Trinajstić information content (AvgIpc) is 3.02. The molecule has 1 heterocycles. The quantitative estimate of drug-likeness (QED) is 0.890. The van der Waals surface area contributed by atoms with Gasteiger partial charge >= 0.3 is 0 Å². The average molecular weight is 250 g/mol. The first-order valence-corrected chi connectivity index (χ1v) is 6.34. The lowest BCUT2D eigenvalue weighted by atomic mass is 9.98. The summed E-state index contributed by atoms with van der Waals surface area (Å²) in [5.41, 5.74) is 7.24. The number of nitriles is 1. The molecule has 3 rings (SSSR count). The zero-order chi connectivity index (χ0) is 13.1. The summed E-state index contributed by atoms with van der Waals surface area (Å²) in [6.45, 7) is 0.756. The van der Waals surface area contributed by atoms with Crippen LogP contribution in [-0.2, 0) is 4.84 Å². The zero-order valence-electron chi connectivity index (χ0n) is 10.5. The van der Waals surface area contributed by atoms with Gasteiger partial charge in [0, 0.05) is 0 Å². The highest BCUT2D eigenvalue weighted by atomic mass is 16.7. The molecule has 94 valence electrons. The van der Waals surface area contributed by atoms with Gasteiger partial charge in [0.25, 0.3) is 0 Å². The number of hydrogen-bond donors (Lipinski definition) is 1. The molecule has 0 spiro atoms. The van der Waals surface area contributed by atoms with Gasteiger partial charge in [-0.25, -0.2) is 0 Å². The number of benzene rings is 2. The summed E-state index contributed by atoms with van der Waals surface area (Å²) in [5, 5.41) is 8.81. The zero-order valence-corrected chi connectivity index (χ0v) is 10.5. The van der Waals surface area contributed by atoms with Crippen LogP contribution >= 0.6 is 0 Å². The summed E-state index contributed by atoms with van der Waals surface area (Å²) in [5.74, 6) is 0. The van der Waals surface area contributed by atoms with Gasteiger partial charge in [-0.05, 0) is 41.3 Å². The molecular formula is C16H14N2O. The largest absolute Gasteiger partial charge is 0.301 e. The minimum absolute atomic E-state index is 0.276. The molecule has 1 aliphatic heterocycles. The van der Waals surface area contributed by atoms with E-state index in [-0.39, 0.29) is 6.04 Å². The van der Waals surface area contributed by atoms with Gasteiger partial charge in [0.2, 0.25) is 0 Å². The van der Waals surface area contributed by atoms with Crippen LogP contribution < -0.4 is 5.48 Å². The second-order valence-corrected chi connectivity index (χ2v) is 4.62. The minimum atomic E-state index is 0.276. The van der Waals surface area contributed by atoms with Crippen molar-refractivity contribution in [2.24, 2.45) is 0 Å². The number of hydroxylamine groups is 1. The van der Waals surface area contributed by atoms with E-state index in [9.17, 15) is 0 Å². The van der Waals surface area contributed by atoms with E-state index in [0.29, 0.717) is 5.56 Å². The third-order valence-corrected chi connectivity index (χ3v) is 3.37. The summed E-state index contributed by atoms with van der Waals surface area (Å²) < 4.78 is 0. The van der Waals surface area contributed by atoms with Crippen LogP contribution in [0.2, 0.25) is 0 Å². The lowest BCUT2D eigenvalue weighted by Crippen LogP contribution is -2.11. The maximum atomic E-state index is 8.81. The molecule has 0 saturated carbocycles. The van der Waals surface area contributed by atoms with Crippen molar-refractivity contribution in [3.8, 4) is 17.2 Å². The topological polar surface area (TPSA) is 45.0 Å². The fraction of sp³-hybridized carbons (Fsp3) is 0.188. The predicted octanol–water partition coefficient (Wildman–Crippen LogP) is 3.19. The van der Waals surface area contributed by atoms with Gasteiger partial charge in [-0.2, -0.15) is 10.7 Å². The highest BCUT2D eigenvalue weighted by Crippen LogP contribution is 2.26. The Labute approximate surface area is 112 Å². The molecule has 3 nitrogen and oxygen atoms in total. The van der Waals surface area contributed by atoms with Crippen molar-refractivity contribution >= 4 is 0 Å². The Morgan fingerprint density at radius 1 is 1.11 bits per heavy atom. The van der Waals surface area contributed by atoms with Gasteiger partial charge in [-0.15, -0.1) is 0 Å². The molecule has 0 aromatic heterocycles. The molecule has 0 amide bonds.